The number of aryl methyl sites for hydroxylation is 2. The van der Waals surface area contributed by atoms with Gasteiger partial charge in [-0.05, 0) is 11.6 Å². The molecule has 0 radical (unpaired) electrons. The number of carbonyl (C=O) groups excluding carboxylic acids is 1. The molecule has 3 N–H and O–H groups in total. The van der Waals surface area contributed by atoms with Crippen LogP contribution in [0.3, 0.4) is 0 Å². The number of ketones is 1. The molecule has 2 rings (SSSR count). The normalized spacial score (nSPS) is 10.6. The Morgan fingerprint density at radius 1 is 1.32 bits per heavy atom. The Morgan fingerprint density at radius 2 is 2.00 bits per heavy atom. The number of carboxylic acids is 1. The maximum atomic E-state index is 12.0. The highest BCUT2D eigenvalue weighted by Gasteiger charge is 2.16. The number of carboxylic acid groups (broad SMARTS) is 1. The van der Waals surface area contributed by atoms with E-state index in [2.05, 4.69) is 4.98 Å². The second kappa shape index (κ2) is 4.60. The first-order chi connectivity index (χ1) is 8.88. The van der Waals surface area contributed by atoms with Crippen LogP contribution in [0.25, 0.3) is 0 Å². The average molecular weight is 262 g/mol. The van der Waals surface area contributed by atoms with Crippen LogP contribution in [0.1, 0.15) is 26.7 Å². The molecule has 0 aromatic carbocycles. The standard InChI is InChI=1S/C12H14N4O3/c1-15-5-7(3-8(15)12(18)19)4-9(17)11-14-10(13)6-16(11)2/h3,5-6H,4,13H2,1-2H3,(H,18,19). The highest BCUT2D eigenvalue weighted by molar-refractivity contribution is 5.95. The van der Waals surface area contributed by atoms with Gasteiger partial charge >= 0.3 is 5.97 Å². The smallest absolute Gasteiger partial charge is 0.352 e. The molecule has 0 aliphatic rings. The number of aromatic carboxylic acids is 1. The predicted molar refractivity (Wildman–Crippen MR) is 68.0 cm³/mol. The van der Waals surface area contributed by atoms with Gasteiger partial charge in [-0.15, -0.1) is 0 Å². The van der Waals surface area contributed by atoms with Crippen molar-refractivity contribution in [2.24, 2.45) is 14.1 Å². The number of nitrogens with two attached hydrogens (primary N) is 1. The van der Waals surface area contributed by atoms with E-state index < -0.39 is 5.97 Å². The van der Waals surface area contributed by atoms with Crippen LogP contribution in [0.15, 0.2) is 18.5 Å². The van der Waals surface area contributed by atoms with Gasteiger partial charge in [-0.1, -0.05) is 0 Å². The lowest BCUT2D eigenvalue weighted by molar-refractivity contribution is 0.0686. The summed E-state index contributed by atoms with van der Waals surface area (Å²) in [6.45, 7) is 0. The number of aromatic nitrogens is 3. The second-order valence-electron chi connectivity index (χ2n) is 4.35. The summed E-state index contributed by atoms with van der Waals surface area (Å²) in [5.74, 6) is -0.687. The van der Waals surface area contributed by atoms with Gasteiger partial charge in [-0.2, -0.15) is 0 Å². The molecule has 0 amide bonds. The summed E-state index contributed by atoms with van der Waals surface area (Å²) < 4.78 is 3.02. The van der Waals surface area contributed by atoms with Crippen molar-refractivity contribution in [3.8, 4) is 0 Å². The van der Waals surface area contributed by atoms with Crippen LogP contribution < -0.4 is 5.73 Å². The Labute approximate surface area is 109 Å². The Morgan fingerprint density at radius 3 is 2.47 bits per heavy atom. The average Bonchev–Trinajstić information content (AvgIpc) is 2.81. The molecule has 7 heteroatoms. The van der Waals surface area contributed by atoms with Gasteiger partial charge in [0.1, 0.15) is 11.5 Å². The number of hydrogen-bond acceptors (Lipinski definition) is 4. The molecule has 0 aliphatic heterocycles. The zero-order valence-corrected chi connectivity index (χ0v) is 10.6. The fourth-order valence-electron chi connectivity index (χ4n) is 1.96. The van der Waals surface area contributed by atoms with E-state index >= 15 is 0 Å². The van der Waals surface area contributed by atoms with Gasteiger partial charge in [0.05, 0.1) is 0 Å². The van der Waals surface area contributed by atoms with E-state index in [0.717, 1.165) is 0 Å². The van der Waals surface area contributed by atoms with Crippen molar-refractivity contribution < 1.29 is 14.7 Å². The quantitative estimate of drug-likeness (QED) is 0.779. The SMILES string of the molecule is Cn1cc(CC(=O)c2nc(N)cn2C)cc1C(=O)O. The molecule has 2 heterocycles. The third kappa shape index (κ3) is 2.49. The van der Waals surface area contributed by atoms with Crippen LogP contribution in [-0.2, 0) is 20.5 Å². The predicted octanol–water partition coefficient (Wildman–Crippen LogP) is 0.464. The molecule has 0 bridgehead atoms. The first-order valence-electron chi connectivity index (χ1n) is 5.59. The second-order valence-corrected chi connectivity index (χ2v) is 4.35. The largest absolute Gasteiger partial charge is 0.477 e. The van der Waals surface area contributed by atoms with Crippen molar-refractivity contribution >= 4 is 17.6 Å². The molecule has 2 aromatic rings. The van der Waals surface area contributed by atoms with Crippen molar-refractivity contribution in [3.63, 3.8) is 0 Å². The van der Waals surface area contributed by atoms with E-state index in [1.165, 1.54) is 10.6 Å². The minimum Gasteiger partial charge on any atom is -0.477 e. The summed E-state index contributed by atoms with van der Waals surface area (Å²) in [6, 6.07) is 1.48. The Kier molecular flexibility index (Phi) is 3.12. The summed E-state index contributed by atoms with van der Waals surface area (Å²) in [5, 5.41) is 8.94. The van der Waals surface area contributed by atoms with Crippen LogP contribution >= 0.6 is 0 Å². The Hall–Kier alpha value is -2.57. The minimum atomic E-state index is -1.03. The molecule has 7 nitrogen and oxygen atoms in total. The molecule has 0 spiro atoms. The lowest BCUT2D eigenvalue weighted by Crippen LogP contribution is -2.09. The summed E-state index contributed by atoms with van der Waals surface area (Å²) in [6.07, 6.45) is 3.26. The van der Waals surface area contributed by atoms with E-state index in [4.69, 9.17) is 10.8 Å². The van der Waals surface area contributed by atoms with Crippen LogP contribution in [0, 0.1) is 0 Å². The first-order valence-corrected chi connectivity index (χ1v) is 5.59. The fraction of sp³-hybridized carbons (Fsp3) is 0.250. The Bertz CT molecular complexity index is 654. The monoisotopic (exact) mass is 262 g/mol. The minimum absolute atomic E-state index is 0.0887. The van der Waals surface area contributed by atoms with E-state index in [0.29, 0.717) is 5.56 Å². The summed E-state index contributed by atoms with van der Waals surface area (Å²) in [5.41, 5.74) is 6.28. The number of nitrogen functional groups attached to an aromatic ring is 1. The maximum absolute atomic E-state index is 12.0. The van der Waals surface area contributed by atoms with Gasteiger partial charge in [0.2, 0.25) is 5.78 Å². The zero-order valence-electron chi connectivity index (χ0n) is 10.6. The highest BCUT2D eigenvalue weighted by atomic mass is 16.4. The molecule has 19 heavy (non-hydrogen) atoms. The highest BCUT2D eigenvalue weighted by Crippen LogP contribution is 2.12. The summed E-state index contributed by atoms with van der Waals surface area (Å²) in [7, 11) is 3.31. The van der Waals surface area contributed by atoms with Crippen LogP contribution in [0.5, 0.6) is 0 Å². The van der Waals surface area contributed by atoms with Gasteiger partial charge in [-0.3, -0.25) is 4.79 Å². The number of imidazole rings is 1. The molecule has 100 valence electrons. The topological polar surface area (TPSA) is 103 Å². The van der Waals surface area contributed by atoms with Gasteiger partial charge in [0.15, 0.2) is 5.82 Å². The first kappa shape index (κ1) is 12.9. The molecule has 0 fully saturated rings. The summed E-state index contributed by atoms with van der Waals surface area (Å²) >= 11 is 0. The molecular formula is C12H14N4O3. The van der Waals surface area contributed by atoms with Gasteiger partial charge in [0.25, 0.3) is 0 Å². The van der Waals surface area contributed by atoms with E-state index in [1.54, 1.807) is 31.1 Å². The zero-order chi connectivity index (χ0) is 14.2. The summed E-state index contributed by atoms with van der Waals surface area (Å²) in [4.78, 5) is 26.9. The number of hydrogen-bond donors (Lipinski definition) is 2. The van der Waals surface area contributed by atoms with E-state index in [1.807, 2.05) is 0 Å². The number of Topliss-reactive ketones (excluding diaryl/α,β-unsaturated/α-hetero) is 1. The molecule has 0 saturated heterocycles. The molecule has 2 aromatic heterocycles. The van der Waals surface area contributed by atoms with Gasteiger partial charge < -0.3 is 20.0 Å². The molecule has 0 saturated carbocycles. The van der Waals surface area contributed by atoms with Crippen molar-refractivity contribution in [1.29, 1.82) is 0 Å². The van der Waals surface area contributed by atoms with Gasteiger partial charge in [0, 0.05) is 32.9 Å². The van der Waals surface area contributed by atoms with Crippen molar-refractivity contribution in [1.82, 2.24) is 14.1 Å². The van der Waals surface area contributed by atoms with Crippen LogP contribution in [0.4, 0.5) is 5.82 Å². The van der Waals surface area contributed by atoms with Gasteiger partial charge in [-0.25, -0.2) is 9.78 Å². The van der Waals surface area contributed by atoms with E-state index in [9.17, 15) is 9.59 Å². The number of carbonyl (C=O) groups is 2. The van der Waals surface area contributed by atoms with Crippen molar-refractivity contribution in [2.45, 2.75) is 6.42 Å². The van der Waals surface area contributed by atoms with E-state index in [-0.39, 0.29) is 29.5 Å². The molecule has 0 aliphatic carbocycles. The number of rotatable bonds is 4. The maximum Gasteiger partial charge on any atom is 0.352 e. The molecular weight excluding hydrogens is 248 g/mol. The lowest BCUT2D eigenvalue weighted by atomic mass is 10.1. The number of anilines is 1. The Balaban J connectivity index is 2.22. The van der Waals surface area contributed by atoms with Crippen LogP contribution in [0.2, 0.25) is 0 Å². The third-order valence-corrected chi connectivity index (χ3v) is 2.79. The third-order valence-electron chi connectivity index (χ3n) is 2.79. The fourth-order valence-corrected chi connectivity index (χ4v) is 1.96. The number of nitrogens with zero attached hydrogens (tertiary/aromatic N) is 3. The molecule has 0 unspecified atom stereocenters. The van der Waals surface area contributed by atoms with Crippen LogP contribution in [-0.4, -0.2) is 31.0 Å². The van der Waals surface area contributed by atoms with Crippen molar-refractivity contribution in [2.75, 3.05) is 5.73 Å². The molecule has 0 atom stereocenters. The lowest BCUT2D eigenvalue weighted by Gasteiger charge is -1.98. The van der Waals surface area contributed by atoms with Crippen molar-refractivity contribution in [3.05, 3.63) is 35.5 Å².